The third-order valence-electron chi connectivity index (χ3n) is 6.91. The molecule has 3 aromatic carbocycles. The van der Waals surface area contributed by atoms with Gasteiger partial charge in [-0.05, 0) is 75.2 Å². The monoisotopic (exact) mass is 519 g/mol. The molecule has 4 aromatic rings. The third-order valence-corrected chi connectivity index (χ3v) is 7.39. The van der Waals surface area contributed by atoms with Gasteiger partial charge in [-0.15, -0.1) is 0 Å². The Hall–Kier alpha value is -3.28. The molecule has 36 heavy (non-hydrogen) atoms. The summed E-state index contributed by atoms with van der Waals surface area (Å²) in [4.78, 5) is 21.0. The van der Waals surface area contributed by atoms with Crippen LogP contribution in [0.15, 0.2) is 66.7 Å². The number of nitrogens with zero attached hydrogens (tertiary/aromatic N) is 3. The van der Waals surface area contributed by atoms with Crippen LogP contribution in [0.3, 0.4) is 0 Å². The number of hydrogen-bond donors (Lipinski definition) is 0. The van der Waals surface area contributed by atoms with E-state index in [1.165, 1.54) is 0 Å². The highest BCUT2D eigenvalue weighted by atomic mass is 35.5. The number of aryl methyl sites for hydroxylation is 1. The van der Waals surface area contributed by atoms with E-state index >= 15 is 0 Å². The number of amides is 1. The Kier molecular flexibility index (Phi) is 6.09. The van der Waals surface area contributed by atoms with Gasteiger partial charge in [0.05, 0.1) is 18.4 Å². The number of carbonyl (C=O) groups is 1. The second kappa shape index (κ2) is 8.99. The largest absolute Gasteiger partial charge is 0.496 e. The quantitative estimate of drug-likeness (QED) is 0.271. The summed E-state index contributed by atoms with van der Waals surface area (Å²) in [5.41, 5.74) is 3.82. The number of imidazole rings is 1. The second-order valence-corrected chi connectivity index (χ2v) is 10.3. The first-order valence-electron chi connectivity index (χ1n) is 11.8. The molecule has 0 saturated heterocycles. The van der Waals surface area contributed by atoms with Gasteiger partial charge in [0.25, 0.3) is 5.91 Å². The Balaban J connectivity index is 1.86. The van der Waals surface area contributed by atoms with Gasteiger partial charge in [0.15, 0.2) is 5.69 Å². The Morgan fingerprint density at radius 1 is 0.972 bits per heavy atom. The van der Waals surface area contributed by atoms with Crippen molar-refractivity contribution >= 4 is 34.8 Å². The van der Waals surface area contributed by atoms with Gasteiger partial charge in [-0.3, -0.25) is 9.69 Å². The Bertz CT molecular complexity index is 1480. The molecule has 0 saturated carbocycles. The van der Waals surface area contributed by atoms with Crippen LogP contribution in [0.2, 0.25) is 10.0 Å². The predicted molar refractivity (Wildman–Crippen MR) is 146 cm³/mol. The molecule has 1 aliphatic rings. The van der Waals surface area contributed by atoms with E-state index in [-0.39, 0.29) is 11.9 Å². The van der Waals surface area contributed by atoms with E-state index in [4.69, 9.17) is 32.9 Å². The summed E-state index contributed by atoms with van der Waals surface area (Å²) in [5.74, 6) is 1.22. The van der Waals surface area contributed by atoms with Crippen LogP contribution in [-0.2, 0) is 5.54 Å². The predicted octanol–water partition coefficient (Wildman–Crippen LogP) is 7.68. The van der Waals surface area contributed by atoms with Gasteiger partial charge in [-0.2, -0.15) is 0 Å². The zero-order valence-corrected chi connectivity index (χ0v) is 22.4. The van der Waals surface area contributed by atoms with Crippen molar-refractivity contribution in [1.29, 1.82) is 0 Å². The maximum Gasteiger partial charge on any atom is 0.280 e. The zero-order chi connectivity index (χ0) is 25.8. The summed E-state index contributed by atoms with van der Waals surface area (Å²) in [7, 11) is 1.64. The van der Waals surface area contributed by atoms with Gasteiger partial charge in [0.1, 0.15) is 17.1 Å². The van der Waals surface area contributed by atoms with Crippen LogP contribution in [0.4, 0.5) is 5.69 Å². The molecule has 1 aliphatic heterocycles. The normalized spacial score (nSPS) is 17.1. The van der Waals surface area contributed by atoms with Crippen molar-refractivity contribution in [3.8, 4) is 17.1 Å². The van der Waals surface area contributed by atoms with Gasteiger partial charge >= 0.3 is 0 Å². The maximum atomic E-state index is 14.2. The number of aromatic nitrogens is 2. The van der Waals surface area contributed by atoms with E-state index in [2.05, 4.69) is 25.3 Å². The molecule has 0 bridgehead atoms. The average Bonchev–Trinajstić information content (AvgIpc) is 3.36. The van der Waals surface area contributed by atoms with Gasteiger partial charge in [-0.25, -0.2) is 4.98 Å². The molecule has 184 valence electrons. The lowest BCUT2D eigenvalue weighted by atomic mass is 9.87. The molecular weight excluding hydrogens is 493 g/mol. The van der Waals surface area contributed by atoms with Gasteiger partial charge in [-0.1, -0.05) is 53.5 Å². The Morgan fingerprint density at radius 2 is 1.64 bits per heavy atom. The molecule has 0 N–H and O–H groups in total. The molecular formula is C29H27Cl2N3O2. The summed E-state index contributed by atoms with van der Waals surface area (Å²) >= 11 is 12.7. The molecule has 1 atom stereocenters. The summed E-state index contributed by atoms with van der Waals surface area (Å²) in [6, 6.07) is 21.0. The first-order valence-corrected chi connectivity index (χ1v) is 12.6. The highest BCUT2D eigenvalue weighted by molar-refractivity contribution is 6.31. The number of hydrogen-bond acceptors (Lipinski definition) is 3. The second-order valence-electron chi connectivity index (χ2n) is 9.45. The molecule has 1 unspecified atom stereocenters. The maximum absolute atomic E-state index is 14.2. The number of fused-ring (bicyclic) bond motifs is 1. The van der Waals surface area contributed by atoms with Crippen molar-refractivity contribution in [3.63, 3.8) is 0 Å². The molecule has 7 heteroatoms. The molecule has 1 aromatic heterocycles. The van der Waals surface area contributed by atoms with E-state index in [1.807, 2.05) is 78.6 Å². The zero-order valence-electron chi connectivity index (χ0n) is 20.8. The van der Waals surface area contributed by atoms with Crippen LogP contribution in [0.5, 0.6) is 5.75 Å². The minimum absolute atomic E-state index is 0.0148. The fourth-order valence-electron chi connectivity index (χ4n) is 5.20. The van der Waals surface area contributed by atoms with E-state index < -0.39 is 5.54 Å². The number of rotatable bonds is 5. The molecule has 1 amide bonds. The number of methoxy groups -OCH3 is 1. The fraction of sp³-hybridized carbons (Fsp3) is 0.241. The minimum Gasteiger partial charge on any atom is -0.496 e. The van der Waals surface area contributed by atoms with Crippen molar-refractivity contribution in [3.05, 3.63) is 99.3 Å². The van der Waals surface area contributed by atoms with Crippen molar-refractivity contribution in [2.75, 3.05) is 12.0 Å². The lowest BCUT2D eigenvalue weighted by molar-refractivity contribution is 0.0980. The molecule has 5 nitrogen and oxygen atoms in total. The van der Waals surface area contributed by atoms with Crippen LogP contribution in [0.1, 0.15) is 54.1 Å². The lowest BCUT2D eigenvalue weighted by Crippen LogP contribution is -2.44. The topological polar surface area (TPSA) is 47.4 Å². The minimum atomic E-state index is -0.871. The standard InChI is InChI=1S/C29H27Cl2N3O2/c1-17(2)33-26-25(32-27(33)22-8-6-7-9-24(22)36-5)28(35)34(23-16-21(31)13-10-18(23)3)29(26,4)19-11-14-20(30)15-12-19/h6-17H,1-5H3. The van der Waals surface area contributed by atoms with E-state index in [0.29, 0.717) is 27.3 Å². The number of benzene rings is 3. The summed E-state index contributed by atoms with van der Waals surface area (Å²) in [5, 5.41) is 1.19. The van der Waals surface area contributed by atoms with Crippen LogP contribution in [0.25, 0.3) is 11.4 Å². The van der Waals surface area contributed by atoms with Gasteiger partial charge in [0, 0.05) is 21.8 Å². The van der Waals surface area contributed by atoms with Gasteiger partial charge < -0.3 is 9.30 Å². The number of carbonyl (C=O) groups excluding carboxylic acids is 1. The molecule has 5 rings (SSSR count). The van der Waals surface area contributed by atoms with Crippen molar-refractivity contribution in [2.24, 2.45) is 0 Å². The van der Waals surface area contributed by atoms with Gasteiger partial charge in [0.2, 0.25) is 0 Å². The van der Waals surface area contributed by atoms with Crippen LogP contribution < -0.4 is 9.64 Å². The molecule has 0 aliphatic carbocycles. The molecule has 0 radical (unpaired) electrons. The smallest absolute Gasteiger partial charge is 0.280 e. The summed E-state index contributed by atoms with van der Waals surface area (Å²) in [6.07, 6.45) is 0. The molecule has 0 spiro atoms. The fourth-order valence-corrected chi connectivity index (χ4v) is 5.49. The van der Waals surface area contributed by atoms with Crippen molar-refractivity contribution < 1.29 is 9.53 Å². The Morgan fingerprint density at radius 3 is 2.31 bits per heavy atom. The van der Waals surface area contributed by atoms with Crippen LogP contribution >= 0.6 is 23.2 Å². The highest BCUT2D eigenvalue weighted by Gasteiger charge is 2.53. The van der Waals surface area contributed by atoms with Crippen LogP contribution in [0, 0.1) is 6.92 Å². The number of halogens is 2. The highest BCUT2D eigenvalue weighted by Crippen LogP contribution is 2.50. The lowest BCUT2D eigenvalue weighted by Gasteiger charge is -2.38. The van der Waals surface area contributed by atoms with E-state index in [9.17, 15) is 4.79 Å². The van der Waals surface area contributed by atoms with Crippen molar-refractivity contribution in [1.82, 2.24) is 9.55 Å². The Labute approximate surface area is 221 Å². The molecule has 2 heterocycles. The van der Waals surface area contributed by atoms with E-state index in [1.54, 1.807) is 7.11 Å². The number of anilines is 1. The SMILES string of the molecule is COc1ccccc1-c1nc2c(n1C(C)C)C(C)(c1ccc(Cl)cc1)N(c1cc(Cl)ccc1C)C2=O. The first kappa shape index (κ1) is 24.4. The number of para-hydroxylation sites is 1. The first-order chi connectivity index (χ1) is 17.2. The summed E-state index contributed by atoms with van der Waals surface area (Å²) < 4.78 is 7.81. The number of ether oxygens (including phenoxy) is 1. The van der Waals surface area contributed by atoms with Crippen LogP contribution in [-0.4, -0.2) is 22.6 Å². The van der Waals surface area contributed by atoms with E-state index in [0.717, 1.165) is 28.1 Å². The average molecular weight is 520 g/mol. The third kappa shape index (κ3) is 3.61. The van der Waals surface area contributed by atoms with Crippen molar-refractivity contribution in [2.45, 2.75) is 39.3 Å². The molecule has 0 fully saturated rings. The summed E-state index contributed by atoms with van der Waals surface area (Å²) in [6.45, 7) is 8.24.